The number of hydrogen-bond acceptors (Lipinski definition) is 2. The minimum Gasteiger partial charge on any atom is -0.480 e. The van der Waals surface area contributed by atoms with Gasteiger partial charge in [-0.1, -0.05) is 69.7 Å². The highest BCUT2D eigenvalue weighted by Gasteiger charge is 2.46. The smallest absolute Gasteiger partial charge is 0.323 e. The van der Waals surface area contributed by atoms with Gasteiger partial charge >= 0.3 is 5.97 Å². The summed E-state index contributed by atoms with van der Waals surface area (Å²) in [6.07, 6.45) is 8.70. The summed E-state index contributed by atoms with van der Waals surface area (Å²) in [7, 11) is 0. The molecule has 1 unspecified atom stereocenters. The first kappa shape index (κ1) is 18.7. The van der Waals surface area contributed by atoms with Gasteiger partial charge in [-0.3, -0.25) is 4.79 Å². The molecule has 3 rings (SSSR count). The number of carboxylic acid groups (broad SMARTS) is 1. The predicted molar refractivity (Wildman–Crippen MR) is 104 cm³/mol. The largest absolute Gasteiger partial charge is 0.480 e. The van der Waals surface area contributed by atoms with Crippen LogP contribution in [0.25, 0.3) is 0 Å². The van der Waals surface area contributed by atoms with Crippen molar-refractivity contribution in [3.8, 4) is 0 Å². The molecule has 4 heteroatoms. The van der Waals surface area contributed by atoms with E-state index < -0.39 is 11.4 Å². The van der Waals surface area contributed by atoms with Crippen LogP contribution in [0, 0.1) is 0 Å². The lowest BCUT2D eigenvalue weighted by atomic mass is 9.64. The van der Waals surface area contributed by atoms with Crippen LogP contribution in [0.15, 0.2) is 42.0 Å². The highest BCUT2D eigenvalue weighted by Crippen LogP contribution is 2.48. The zero-order valence-electron chi connectivity index (χ0n) is 15.5. The van der Waals surface area contributed by atoms with E-state index in [4.69, 9.17) is 11.6 Å². The van der Waals surface area contributed by atoms with Crippen LogP contribution in [-0.2, 0) is 25.8 Å². The van der Waals surface area contributed by atoms with Crippen molar-refractivity contribution in [2.45, 2.75) is 56.8 Å². The van der Waals surface area contributed by atoms with Crippen LogP contribution < -0.4 is 0 Å². The highest BCUT2D eigenvalue weighted by atomic mass is 35.5. The van der Waals surface area contributed by atoms with E-state index in [9.17, 15) is 14.7 Å². The number of rotatable bonds is 2. The fraction of sp³-hybridized carbons (Fsp3) is 0.409. The lowest BCUT2D eigenvalue weighted by Gasteiger charge is -2.39. The van der Waals surface area contributed by atoms with Crippen LogP contribution >= 0.6 is 11.6 Å². The Bertz CT molecular complexity index is 898. The molecule has 1 N–H and O–H groups in total. The number of carbonyl (C=O) groups excluding carboxylic acids is 1. The second kappa shape index (κ2) is 5.97. The number of carboxylic acids is 1. The Labute approximate surface area is 159 Å². The summed E-state index contributed by atoms with van der Waals surface area (Å²) in [6.45, 7) is 8.40. The van der Waals surface area contributed by atoms with E-state index >= 15 is 0 Å². The molecule has 1 atom stereocenters. The molecule has 0 bridgehead atoms. The normalized spacial score (nSPS) is 25.5. The van der Waals surface area contributed by atoms with Crippen LogP contribution in [0.4, 0.5) is 0 Å². The molecule has 0 spiro atoms. The topological polar surface area (TPSA) is 54.4 Å². The van der Waals surface area contributed by atoms with E-state index in [-0.39, 0.29) is 16.4 Å². The van der Waals surface area contributed by atoms with Crippen molar-refractivity contribution in [1.82, 2.24) is 0 Å². The minimum atomic E-state index is -1.55. The Hall–Kier alpha value is -2.09. The van der Waals surface area contributed by atoms with Crippen LogP contribution in [0.1, 0.15) is 57.2 Å². The monoisotopic (exact) mass is 370 g/mol. The number of fused-ring (bicyclic) bond motifs is 1. The Morgan fingerprint density at radius 2 is 1.62 bits per heavy atom. The van der Waals surface area contributed by atoms with Gasteiger partial charge in [0.15, 0.2) is 0 Å². The second-order valence-electron chi connectivity index (χ2n) is 8.29. The molecule has 0 radical (unpaired) electrons. The number of hydrogen-bond donors (Lipinski definition) is 1. The maximum Gasteiger partial charge on any atom is 0.323 e. The summed E-state index contributed by atoms with van der Waals surface area (Å²) in [5.74, 6) is 0.781. The number of allylic oxidation sites excluding steroid dienone is 3. The van der Waals surface area contributed by atoms with Crippen molar-refractivity contribution >= 4 is 23.5 Å². The molecule has 0 saturated carbocycles. The zero-order valence-corrected chi connectivity index (χ0v) is 16.3. The Morgan fingerprint density at radius 1 is 1.04 bits per heavy atom. The highest BCUT2D eigenvalue weighted by molar-refractivity contribution is 6.32. The van der Waals surface area contributed by atoms with Crippen molar-refractivity contribution in [2.75, 3.05) is 0 Å². The number of aliphatic carboxylic acids is 1. The third kappa shape index (κ3) is 2.58. The van der Waals surface area contributed by atoms with Gasteiger partial charge in [0.05, 0.1) is 0 Å². The van der Waals surface area contributed by atoms with Crippen molar-refractivity contribution in [3.05, 3.63) is 63.7 Å². The van der Waals surface area contributed by atoms with Crippen LogP contribution in [0.2, 0.25) is 5.02 Å². The van der Waals surface area contributed by atoms with Gasteiger partial charge < -0.3 is 5.11 Å². The molecule has 0 amide bonds. The van der Waals surface area contributed by atoms with Crippen LogP contribution in [0.5, 0.6) is 0 Å². The van der Waals surface area contributed by atoms with E-state index in [1.807, 2.05) is 18.1 Å². The van der Waals surface area contributed by atoms with E-state index in [1.165, 1.54) is 0 Å². The quantitative estimate of drug-likeness (QED) is 0.595. The van der Waals surface area contributed by atoms with Crippen LogP contribution in [-0.4, -0.2) is 17.0 Å². The summed E-state index contributed by atoms with van der Waals surface area (Å²) < 4.78 is 0. The summed E-state index contributed by atoms with van der Waals surface area (Å²) in [4.78, 5) is 23.9. The van der Waals surface area contributed by atoms with Gasteiger partial charge in [0.2, 0.25) is 0 Å². The van der Waals surface area contributed by atoms with E-state index in [0.717, 1.165) is 11.1 Å². The first-order chi connectivity index (χ1) is 12.1. The number of benzene rings is 1. The molecule has 0 heterocycles. The average Bonchev–Trinajstić information content (AvgIpc) is 2.58. The molecule has 2 aliphatic rings. The third-order valence-corrected chi connectivity index (χ3v) is 6.02. The lowest BCUT2D eigenvalue weighted by Crippen LogP contribution is -2.39. The molecule has 0 aromatic heterocycles. The Kier molecular flexibility index (Phi) is 4.29. The van der Waals surface area contributed by atoms with Crippen molar-refractivity contribution < 1.29 is 14.7 Å². The Morgan fingerprint density at radius 3 is 2.15 bits per heavy atom. The summed E-state index contributed by atoms with van der Waals surface area (Å²) in [6, 6.07) is 3.75. The molecule has 3 nitrogen and oxygen atoms in total. The SMILES string of the molecule is CC1(C)C=CC(C)(C)c2cc(C3(C(=O)O)C=CCCC3=C=O)c(Cl)cc21. The van der Waals surface area contributed by atoms with E-state index in [1.54, 1.807) is 12.2 Å². The molecule has 26 heavy (non-hydrogen) atoms. The summed E-state index contributed by atoms with van der Waals surface area (Å²) in [5, 5.41) is 10.4. The maximum atomic E-state index is 12.3. The van der Waals surface area contributed by atoms with Gasteiger partial charge in [-0.15, -0.1) is 0 Å². The molecular formula is C22H23ClO3. The first-order valence-corrected chi connectivity index (χ1v) is 9.15. The van der Waals surface area contributed by atoms with Crippen molar-refractivity contribution in [2.24, 2.45) is 0 Å². The number of carbonyl (C=O) groups is 1. The summed E-state index contributed by atoms with van der Waals surface area (Å²) in [5.41, 5.74) is 0.775. The van der Waals surface area contributed by atoms with Crippen molar-refractivity contribution in [3.63, 3.8) is 0 Å². The molecular weight excluding hydrogens is 348 g/mol. The fourth-order valence-corrected chi connectivity index (χ4v) is 4.34. The van der Waals surface area contributed by atoms with Gasteiger partial charge in [-0.25, -0.2) is 4.79 Å². The van der Waals surface area contributed by atoms with E-state index in [0.29, 0.717) is 23.4 Å². The van der Waals surface area contributed by atoms with Gasteiger partial charge in [-0.2, -0.15) is 0 Å². The lowest BCUT2D eigenvalue weighted by molar-refractivity contribution is -0.140. The fourth-order valence-electron chi connectivity index (χ4n) is 4.02. The Balaban J connectivity index is 2.37. The average molecular weight is 371 g/mol. The van der Waals surface area contributed by atoms with Gasteiger partial charge in [0.25, 0.3) is 0 Å². The van der Waals surface area contributed by atoms with Gasteiger partial charge in [0, 0.05) is 21.4 Å². The van der Waals surface area contributed by atoms with E-state index in [2.05, 4.69) is 39.8 Å². The maximum absolute atomic E-state index is 12.3. The minimum absolute atomic E-state index is 0.199. The van der Waals surface area contributed by atoms with Gasteiger partial charge in [0.1, 0.15) is 11.4 Å². The van der Waals surface area contributed by atoms with Crippen LogP contribution in [0.3, 0.4) is 0 Å². The molecule has 2 aliphatic carbocycles. The summed E-state index contributed by atoms with van der Waals surface area (Å²) >= 11 is 6.61. The first-order valence-electron chi connectivity index (χ1n) is 8.77. The standard InChI is InChI=1S/C22H23ClO3/c1-20(2)9-10-21(3,4)16-12-18(23)17(11-15(16)20)22(19(25)26)8-6-5-7-14(22)13-24/h6,8-12H,5,7H2,1-4H3,(H,25,26). The molecule has 136 valence electrons. The van der Waals surface area contributed by atoms with Crippen molar-refractivity contribution in [1.29, 1.82) is 0 Å². The van der Waals surface area contributed by atoms with Gasteiger partial charge in [-0.05, 0) is 35.6 Å². The second-order valence-corrected chi connectivity index (χ2v) is 8.70. The molecule has 1 aromatic carbocycles. The molecule has 0 fully saturated rings. The molecule has 0 aliphatic heterocycles. The number of halogens is 1. The predicted octanol–water partition coefficient (Wildman–Crippen LogP) is 4.90. The molecule has 0 saturated heterocycles. The zero-order chi connectivity index (χ0) is 19.3. The molecule has 1 aromatic rings. The third-order valence-electron chi connectivity index (χ3n) is 5.70.